The summed E-state index contributed by atoms with van der Waals surface area (Å²) in [4.78, 5) is 13.7. The van der Waals surface area contributed by atoms with Crippen LogP contribution in [0.5, 0.6) is 0 Å². The first kappa shape index (κ1) is 13.4. The number of terminal acetylenes is 1. The molecule has 0 saturated carbocycles. The summed E-state index contributed by atoms with van der Waals surface area (Å²) in [5.74, 6) is 2.61. The average molecular weight is 259 g/mol. The highest BCUT2D eigenvalue weighted by Gasteiger charge is 2.37. The van der Waals surface area contributed by atoms with Crippen molar-refractivity contribution in [3.8, 4) is 12.3 Å². The summed E-state index contributed by atoms with van der Waals surface area (Å²) in [6.07, 6.45) is 5.10. The van der Waals surface area contributed by atoms with Crippen molar-refractivity contribution in [2.45, 2.75) is 19.1 Å². The molecule has 0 bridgehead atoms. The van der Waals surface area contributed by atoms with Gasteiger partial charge in [-0.05, 0) is 12.5 Å². The third-order valence-electron chi connectivity index (χ3n) is 3.17. The Labute approximate surface area is 113 Å². The van der Waals surface area contributed by atoms with Crippen molar-refractivity contribution in [1.29, 1.82) is 0 Å². The van der Waals surface area contributed by atoms with Crippen LogP contribution in [0.25, 0.3) is 0 Å². The molecule has 1 heterocycles. The maximum absolute atomic E-state index is 12.1. The molecule has 100 valence electrons. The van der Waals surface area contributed by atoms with Gasteiger partial charge in [-0.2, -0.15) is 0 Å². The number of morpholine rings is 1. The van der Waals surface area contributed by atoms with E-state index >= 15 is 0 Å². The van der Waals surface area contributed by atoms with Gasteiger partial charge in [0, 0.05) is 6.54 Å². The van der Waals surface area contributed by atoms with Crippen LogP contribution in [0.3, 0.4) is 0 Å². The van der Waals surface area contributed by atoms with Crippen molar-refractivity contribution < 1.29 is 14.3 Å². The maximum Gasteiger partial charge on any atom is 0.411 e. The molecule has 1 unspecified atom stereocenters. The van der Waals surface area contributed by atoms with Gasteiger partial charge in [0.1, 0.15) is 12.1 Å². The normalized spacial score (nSPS) is 22.6. The topological polar surface area (TPSA) is 38.8 Å². The summed E-state index contributed by atoms with van der Waals surface area (Å²) in [5, 5.41) is 0. The van der Waals surface area contributed by atoms with E-state index in [0.717, 1.165) is 5.56 Å². The van der Waals surface area contributed by atoms with E-state index in [2.05, 4.69) is 5.92 Å². The van der Waals surface area contributed by atoms with Crippen LogP contribution < -0.4 is 0 Å². The lowest BCUT2D eigenvalue weighted by molar-refractivity contribution is -0.0308. The molecule has 4 heteroatoms. The molecule has 1 aromatic carbocycles. The van der Waals surface area contributed by atoms with Crippen molar-refractivity contribution >= 4 is 6.09 Å². The molecule has 0 aromatic heterocycles. The van der Waals surface area contributed by atoms with E-state index in [1.165, 1.54) is 0 Å². The second-order valence-corrected chi connectivity index (χ2v) is 4.66. The second kappa shape index (κ2) is 5.77. The fourth-order valence-corrected chi connectivity index (χ4v) is 1.96. The Morgan fingerprint density at radius 1 is 1.53 bits per heavy atom. The van der Waals surface area contributed by atoms with Gasteiger partial charge in [-0.15, -0.1) is 6.42 Å². The van der Waals surface area contributed by atoms with Crippen LogP contribution in [-0.4, -0.2) is 36.3 Å². The van der Waals surface area contributed by atoms with Crippen molar-refractivity contribution in [3.05, 3.63) is 35.9 Å². The van der Waals surface area contributed by atoms with Gasteiger partial charge in [0.15, 0.2) is 0 Å². The Morgan fingerprint density at radius 2 is 2.26 bits per heavy atom. The van der Waals surface area contributed by atoms with E-state index in [1.54, 1.807) is 11.8 Å². The highest BCUT2D eigenvalue weighted by molar-refractivity contribution is 5.69. The fourth-order valence-electron chi connectivity index (χ4n) is 1.96. The van der Waals surface area contributed by atoms with Crippen LogP contribution in [0.4, 0.5) is 4.79 Å². The Balaban J connectivity index is 1.97. The average Bonchev–Trinajstić information content (AvgIpc) is 2.46. The quantitative estimate of drug-likeness (QED) is 0.763. The van der Waals surface area contributed by atoms with Crippen molar-refractivity contribution in [1.82, 2.24) is 4.90 Å². The molecule has 1 atom stereocenters. The van der Waals surface area contributed by atoms with Gasteiger partial charge in [-0.25, -0.2) is 4.79 Å². The standard InChI is InChI=1S/C15H17NO3/c1-3-15(2)12-18-10-9-16(15)14(17)19-11-13-7-5-4-6-8-13/h1,4-8H,9-12H2,2H3. The Kier molecular flexibility index (Phi) is 4.08. The largest absolute Gasteiger partial charge is 0.445 e. The highest BCUT2D eigenvalue weighted by atomic mass is 16.6. The fraction of sp³-hybridized carbons (Fsp3) is 0.400. The molecule has 1 amide bonds. The molecule has 0 spiro atoms. The zero-order valence-corrected chi connectivity index (χ0v) is 11.0. The Morgan fingerprint density at radius 3 is 2.95 bits per heavy atom. The minimum atomic E-state index is -0.730. The maximum atomic E-state index is 12.1. The molecule has 1 saturated heterocycles. The molecule has 4 nitrogen and oxygen atoms in total. The third kappa shape index (κ3) is 3.07. The molecular formula is C15H17NO3. The number of carbonyl (C=O) groups is 1. The first-order valence-electron chi connectivity index (χ1n) is 6.19. The summed E-state index contributed by atoms with van der Waals surface area (Å²) < 4.78 is 10.6. The van der Waals surface area contributed by atoms with Crippen molar-refractivity contribution in [2.75, 3.05) is 19.8 Å². The van der Waals surface area contributed by atoms with Crippen molar-refractivity contribution in [3.63, 3.8) is 0 Å². The van der Waals surface area contributed by atoms with E-state index in [-0.39, 0.29) is 6.61 Å². The number of benzene rings is 1. The van der Waals surface area contributed by atoms with Crippen LogP contribution in [0, 0.1) is 12.3 Å². The summed E-state index contributed by atoms with van der Waals surface area (Å²) in [6, 6.07) is 9.55. The van der Waals surface area contributed by atoms with E-state index in [1.807, 2.05) is 30.3 Å². The Bertz CT molecular complexity index is 480. The molecule has 0 N–H and O–H groups in total. The molecule has 1 fully saturated rings. The predicted octanol–water partition coefficient (Wildman–Crippen LogP) is 2.05. The third-order valence-corrected chi connectivity index (χ3v) is 3.17. The summed E-state index contributed by atoms with van der Waals surface area (Å²) in [6.45, 7) is 3.32. The van der Waals surface area contributed by atoms with Gasteiger partial charge in [0.25, 0.3) is 0 Å². The van der Waals surface area contributed by atoms with Gasteiger partial charge >= 0.3 is 6.09 Å². The van der Waals surface area contributed by atoms with Gasteiger partial charge in [0.05, 0.1) is 13.2 Å². The van der Waals surface area contributed by atoms with Gasteiger partial charge in [-0.1, -0.05) is 36.3 Å². The summed E-state index contributed by atoms with van der Waals surface area (Å²) in [7, 11) is 0. The van der Waals surface area contributed by atoms with Crippen LogP contribution >= 0.6 is 0 Å². The van der Waals surface area contributed by atoms with E-state index < -0.39 is 11.6 Å². The highest BCUT2D eigenvalue weighted by Crippen LogP contribution is 2.20. The molecule has 0 radical (unpaired) electrons. The van der Waals surface area contributed by atoms with Crippen LogP contribution in [-0.2, 0) is 16.1 Å². The van der Waals surface area contributed by atoms with E-state index in [9.17, 15) is 4.79 Å². The van der Waals surface area contributed by atoms with Gasteiger partial charge in [-0.3, -0.25) is 4.90 Å². The van der Waals surface area contributed by atoms with Crippen molar-refractivity contribution in [2.24, 2.45) is 0 Å². The minimum Gasteiger partial charge on any atom is -0.445 e. The minimum absolute atomic E-state index is 0.248. The summed E-state index contributed by atoms with van der Waals surface area (Å²) >= 11 is 0. The number of rotatable bonds is 2. The lowest BCUT2D eigenvalue weighted by Crippen LogP contribution is -2.56. The van der Waals surface area contributed by atoms with Gasteiger partial charge in [0.2, 0.25) is 0 Å². The number of carbonyl (C=O) groups excluding carboxylic acids is 1. The molecule has 19 heavy (non-hydrogen) atoms. The second-order valence-electron chi connectivity index (χ2n) is 4.66. The number of ether oxygens (including phenoxy) is 2. The molecular weight excluding hydrogens is 242 g/mol. The first-order valence-corrected chi connectivity index (χ1v) is 6.19. The lowest BCUT2D eigenvalue weighted by Gasteiger charge is -2.39. The molecule has 2 rings (SSSR count). The number of hydrogen-bond acceptors (Lipinski definition) is 3. The summed E-state index contributed by atoms with van der Waals surface area (Å²) in [5.41, 5.74) is 0.220. The van der Waals surface area contributed by atoms with Crippen LogP contribution in [0.1, 0.15) is 12.5 Å². The molecule has 1 aliphatic heterocycles. The number of hydrogen-bond donors (Lipinski definition) is 0. The van der Waals surface area contributed by atoms with Crippen LogP contribution in [0.2, 0.25) is 0 Å². The monoisotopic (exact) mass is 259 g/mol. The van der Waals surface area contributed by atoms with Crippen LogP contribution in [0.15, 0.2) is 30.3 Å². The molecule has 0 aliphatic carbocycles. The lowest BCUT2D eigenvalue weighted by atomic mass is 10.0. The van der Waals surface area contributed by atoms with Gasteiger partial charge < -0.3 is 9.47 Å². The zero-order valence-electron chi connectivity index (χ0n) is 11.0. The van der Waals surface area contributed by atoms with E-state index in [0.29, 0.717) is 19.8 Å². The number of amides is 1. The molecule has 1 aromatic rings. The smallest absolute Gasteiger partial charge is 0.411 e. The zero-order chi connectivity index (χ0) is 13.7. The predicted molar refractivity (Wildman–Crippen MR) is 71.4 cm³/mol. The number of nitrogens with zero attached hydrogens (tertiary/aromatic N) is 1. The Hall–Kier alpha value is -1.99. The van der Waals surface area contributed by atoms with E-state index in [4.69, 9.17) is 15.9 Å². The SMILES string of the molecule is C#CC1(C)COCCN1C(=O)OCc1ccccc1. The molecule has 1 aliphatic rings. The first-order chi connectivity index (χ1) is 9.15.